The second-order valence-corrected chi connectivity index (χ2v) is 18.9. The van der Waals surface area contributed by atoms with Gasteiger partial charge >= 0.3 is 17.9 Å². The van der Waals surface area contributed by atoms with Crippen molar-refractivity contribution in [3.8, 4) is 0 Å². The molecule has 366 valence electrons. The van der Waals surface area contributed by atoms with Crippen LogP contribution in [0.1, 0.15) is 310 Å². The van der Waals surface area contributed by atoms with Crippen LogP contribution in [-0.2, 0) is 28.6 Å². The Bertz CT molecular complexity index is 962. The number of hydrogen-bond donors (Lipinski definition) is 0. The highest BCUT2D eigenvalue weighted by Gasteiger charge is 2.19. The fourth-order valence-electron chi connectivity index (χ4n) is 8.32. The van der Waals surface area contributed by atoms with Crippen LogP contribution in [0.2, 0.25) is 0 Å². The maximum atomic E-state index is 12.8. The molecule has 0 rings (SSSR count). The van der Waals surface area contributed by atoms with Gasteiger partial charge in [-0.25, -0.2) is 0 Å². The van der Waals surface area contributed by atoms with E-state index in [9.17, 15) is 14.4 Å². The van der Waals surface area contributed by atoms with E-state index in [1.165, 1.54) is 212 Å². The van der Waals surface area contributed by atoms with Crippen LogP contribution in [0.3, 0.4) is 0 Å². The molecule has 0 radical (unpaired) electrons. The van der Waals surface area contributed by atoms with Gasteiger partial charge in [0, 0.05) is 19.3 Å². The molecule has 0 amide bonds. The SMILES string of the molecule is CCCCCCCC/C=C\CCCCCCCCCC(=O)OC[C@@H](COC(=O)CCCCCCCCCCCCC)OC(=O)CCCCCCCCCCCCCCCCCC. The molecular formula is C56H106O6. The maximum Gasteiger partial charge on any atom is 0.306 e. The fraction of sp³-hybridized carbons (Fsp3) is 0.911. The van der Waals surface area contributed by atoms with E-state index in [0.717, 1.165) is 57.8 Å². The predicted octanol–water partition coefficient (Wildman–Crippen LogP) is 18.2. The molecule has 0 aromatic carbocycles. The van der Waals surface area contributed by atoms with Crippen molar-refractivity contribution in [3.63, 3.8) is 0 Å². The second kappa shape index (κ2) is 51.8. The summed E-state index contributed by atoms with van der Waals surface area (Å²) in [6.45, 7) is 6.67. The molecule has 1 atom stereocenters. The molecule has 0 bridgehead atoms. The predicted molar refractivity (Wildman–Crippen MR) is 266 cm³/mol. The van der Waals surface area contributed by atoms with Gasteiger partial charge in [0.25, 0.3) is 0 Å². The van der Waals surface area contributed by atoms with Crippen molar-refractivity contribution in [3.05, 3.63) is 12.2 Å². The lowest BCUT2D eigenvalue weighted by Gasteiger charge is -2.18. The summed E-state index contributed by atoms with van der Waals surface area (Å²) >= 11 is 0. The number of ether oxygens (including phenoxy) is 3. The van der Waals surface area contributed by atoms with E-state index in [0.29, 0.717) is 19.3 Å². The lowest BCUT2D eigenvalue weighted by Crippen LogP contribution is -2.30. The lowest BCUT2D eigenvalue weighted by atomic mass is 10.0. The van der Waals surface area contributed by atoms with Gasteiger partial charge in [-0.05, 0) is 44.9 Å². The number of carbonyl (C=O) groups excluding carboxylic acids is 3. The summed E-state index contributed by atoms with van der Waals surface area (Å²) in [6, 6.07) is 0. The van der Waals surface area contributed by atoms with Crippen LogP contribution in [0.4, 0.5) is 0 Å². The molecule has 0 spiro atoms. The summed E-state index contributed by atoms with van der Waals surface area (Å²) in [5.41, 5.74) is 0. The summed E-state index contributed by atoms with van der Waals surface area (Å²) in [7, 11) is 0. The van der Waals surface area contributed by atoms with Gasteiger partial charge in [0.2, 0.25) is 0 Å². The number of carbonyl (C=O) groups is 3. The maximum absolute atomic E-state index is 12.8. The van der Waals surface area contributed by atoms with Gasteiger partial charge in [-0.15, -0.1) is 0 Å². The van der Waals surface area contributed by atoms with Crippen LogP contribution in [0.5, 0.6) is 0 Å². The molecule has 62 heavy (non-hydrogen) atoms. The highest BCUT2D eigenvalue weighted by molar-refractivity contribution is 5.71. The fourth-order valence-corrected chi connectivity index (χ4v) is 8.32. The molecule has 0 fully saturated rings. The summed E-state index contributed by atoms with van der Waals surface area (Å²) in [6.07, 6.45) is 57.7. The number of esters is 3. The molecular weight excluding hydrogens is 769 g/mol. The van der Waals surface area contributed by atoms with E-state index >= 15 is 0 Å². The summed E-state index contributed by atoms with van der Waals surface area (Å²) in [5, 5.41) is 0. The monoisotopic (exact) mass is 875 g/mol. The largest absolute Gasteiger partial charge is 0.462 e. The number of unbranched alkanes of at least 4 members (excludes halogenated alkanes) is 38. The Morgan fingerprint density at radius 2 is 0.532 bits per heavy atom. The Kier molecular flexibility index (Phi) is 50.2. The first kappa shape index (κ1) is 60.2. The third-order valence-electron chi connectivity index (χ3n) is 12.5. The molecule has 0 aliphatic rings. The standard InChI is InChI=1S/C56H106O6/c1-4-7-10-13-16-19-22-24-26-28-30-31-34-37-40-43-46-49-55(58)61-52-53(51-60-54(57)48-45-42-39-36-33-21-18-15-12-9-6-3)62-56(59)50-47-44-41-38-35-32-29-27-25-23-20-17-14-11-8-5-2/h24,26,53H,4-23,25,27-52H2,1-3H3/b26-24-/t53-/m1/s1. The van der Waals surface area contributed by atoms with Crippen LogP contribution >= 0.6 is 0 Å². The van der Waals surface area contributed by atoms with Gasteiger partial charge in [0.1, 0.15) is 13.2 Å². The average molecular weight is 875 g/mol. The van der Waals surface area contributed by atoms with Gasteiger partial charge in [0.15, 0.2) is 6.10 Å². The van der Waals surface area contributed by atoms with Gasteiger partial charge in [-0.1, -0.05) is 258 Å². The van der Waals surface area contributed by atoms with Crippen LogP contribution in [0, 0.1) is 0 Å². The Labute approximate surface area is 386 Å². The summed E-state index contributed by atoms with van der Waals surface area (Å²) in [4.78, 5) is 38.0. The van der Waals surface area contributed by atoms with E-state index in [2.05, 4.69) is 32.9 Å². The minimum Gasteiger partial charge on any atom is -0.462 e. The Morgan fingerprint density at radius 1 is 0.306 bits per heavy atom. The Morgan fingerprint density at radius 3 is 0.806 bits per heavy atom. The van der Waals surface area contributed by atoms with E-state index in [1.54, 1.807) is 0 Å². The highest BCUT2D eigenvalue weighted by atomic mass is 16.6. The first-order valence-corrected chi connectivity index (χ1v) is 27.7. The van der Waals surface area contributed by atoms with Crippen LogP contribution in [-0.4, -0.2) is 37.2 Å². The first-order valence-electron chi connectivity index (χ1n) is 27.7. The van der Waals surface area contributed by atoms with E-state index in [-0.39, 0.29) is 31.1 Å². The first-order chi connectivity index (χ1) is 30.5. The third-order valence-corrected chi connectivity index (χ3v) is 12.5. The number of hydrogen-bond acceptors (Lipinski definition) is 6. The molecule has 0 aliphatic carbocycles. The van der Waals surface area contributed by atoms with Crippen molar-refractivity contribution in [2.75, 3.05) is 13.2 Å². The third kappa shape index (κ3) is 49.2. The van der Waals surface area contributed by atoms with Gasteiger partial charge in [-0.2, -0.15) is 0 Å². The number of allylic oxidation sites excluding steroid dienone is 2. The average Bonchev–Trinajstić information content (AvgIpc) is 3.27. The molecule has 0 saturated heterocycles. The van der Waals surface area contributed by atoms with Crippen molar-refractivity contribution in [1.82, 2.24) is 0 Å². The topological polar surface area (TPSA) is 78.9 Å². The van der Waals surface area contributed by atoms with Gasteiger partial charge in [-0.3, -0.25) is 14.4 Å². The van der Waals surface area contributed by atoms with Crippen molar-refractivity contribution in [2.24, 2.45) is 0 Å². The van der Waals surface area contributed by atoms with Crippen molar-refractivity contribution < 1.29 is 28.6 Å². The van der Waals surface area contributed by atoms with Crippen molar-refractivity contribution >= 4 is 17.9 Å². The second-order valence-electron chi connectivity index (χ2n) is 18.9. The zero-order valence-corrected chi connectivity index (χ0v) is 41.9. The molecule has 0 unspecified atom stereocenters. The zero-order valence-electron chi connectivity index (χ0n) is 41.9. The highest BCUT2D eigenvalue weighted by Crippen LogP contribution is 2.17. The Hall–Kier alpha value is -1.85. The molecule has 0 saturated carbocycles. The van der Waals surface area contributed by atoms with E-state index < -0.39 is 6.10 Å². The normalized spacial score (nSPS) is 12.0. The summed E-state index contributed by atoms with van der Waals surface area (Å²) < 4.78 is 16.8. The lowest BCUT2D eigenvalue weighted by molar-refractivity contribution is -0.167. The molecule has 0 aromatic rings. The zero-order chi connectivity index (χ0) is 45.1. The van der Waals surface area contributed by atoms with Crippen LogP contribution < -0.4 is 0 Å². The molecule has 0 N–H and O–H groups in total. The minimum absolute atomic E-state index is 0.0657. The molecule has 0 heterocycles. The van der Waals surface area contributed by atoms with Gasteiger partial charge in [0.05, 0.1) is 0 Å². The Balaban J connectivity index is 4.29. The molecule has 6 heteroatoms. The molecule has 0 aromatic heterocycles. The van der Waals surface area contributed by atoms with Crippen LogP contribution in [0.15, 0.2) is 12.2 Å². The molecule has 6 nitrogen and oxygen atoms in total. The van der Waals surface area contributed by atoms with E-state index in [4.69, 9.17) is 14.2 Å². The van der Waals surface area contributed by atoms with Crippen molar-refractivity contribution in [1.29, 1.82) is 0 Å². The minimum atomic E-state index is -0.765. The smallest absolute Gasteiger partial charge is 0.306 e. The van der Waals surface area contributed by atoms with Crippen LogP contribution in [0.25, 0.3) is 0 Å². The van der Waals surface area contributed by atoms with E-state index in [1.807, 2.05) is 0 Å². The quantitative estimate of drug-likeness (QED) is 0.0262. The van der Waals surface area contributed by atoms with Gasteiger partial charge < -0.3 is 14.2 Å². The number of rotatable bonds is 51. The molecule has 0 aliphatic heterocycles. The summed E-state index contributed by atoms with van der Waals surface area (Å²) in [5.74, 6) is -0.850. The van der Waals surface area contributed by atoms with Crippen molar-refractivity contribution in [2.45, 2.75) is 316 Å².